The van der Waals surface area contributed by atoms with Crippen molar-refractivity contribution < 1.29 is 24.2 Å². The maximum atomic E-state index is 11.8. The van der Waals surface area contributed by atoms with Crippen LogP contribution >= 0.6 is 0 Å². The fourth-order valence-electron chi connectivity index (χ4n) is 1.82. The van der Waals surface area contributed by atoms with Gasteiger partial charge in [0.05, 0.1) is 12.1 Å². The van der Waals surface area contributed by atoms with E-state index in [-0.39, 0.29) is 19.5 Å². The van der Waals surface area contributed by atoms with E-state index in [2.05, 4.69) is 5.32 Å². The lowest BCUT2D eigenvalue weighted by Gasteiger charge is -2.22. The number of rotatable bonds is 3. The first kappa shape index (κ1) is 15.4. The Labute approximate surface area is 111 Å². The molecule has 7 heteroatoms. The van der Waals surface area contributed by atoms with Gasteiger partial charge in [-0.3, -0.25) is 4.79 Å². The Morgan fingerprint density at radius 1 is 1.47 bits per heavy atom. The van der Waals surface area contributed by atoms with Crippen LogP contribution in [0.3, 0.4) is 0 Å². The van der Waals surface area contributed by atoms with Gasteiger partial charge in [0.2, 0.25) is 5.91 Å². The molecule has 1 aliphatic heterocycles. The van der Waals surface area contributed by atoms with Gasteiger partial charge >= 0.3 is 6.09 Å². The van der Waals surface area contributed by atoms with Gasteiger partial charge in [-0.1, -0.05) is 0 Å². The molecule has 1 heterocycles. The number of ether oxygens (including phenoxy) is 1. The molecule has 1 fully saturated rings. The van der Waals surface area contributed by atoms with Crippen molar-refractivity contribution in [3.63, 3.8) is 0 Å². The summed E-state index contributed by atoms with van der Waals surface area (Å²) in [4.78, 5) is 35.2. The Hall–Kier alpha value is -1.63. The van der Waals surface area contributed by atoms with Crippen molar-refractivity contribution in [2.24, 2.45) is 0 Å². The van der Waals surface area contributed by atoms with Crippen LogP contribution in [0.1, 0.15) is 27.2 Å². The normalized spacial score (nSPS) is 23.1. The maximum Gasteiger partial charge on any atom is 0.408 e. The van der Waals surface area contributed by atoms with Gasteiger partial charge in [0.15, 0.2) is 0 Å². The smallest absolute Gasteiger partial charge is 0.408 e. The summed E-state index contributed by atoms with van der Waals surface area (Å²) in [5, 5.41) is 11.7. The first-order chi connectivity index (χ1) is 8.73. The third-order valence-corrected chi connectivity index (χ3v) is 2.58. The Kier molecular flexibility index (Phi) is 4.88. The van der Waals surface area contributed by atoms with E-state index < -0.39 is 29.7 Å². The predicted octanol–water partition coefficient (Wildman–Crippen LogP) is -0.328. The SMILES string of the molecule is CC(C)(C)OC(=O)NCC(=O)N1C[C@H](O)C[C@H]1C=O. The van der Waals surface area contributed by atoms with Crippen LogP contribution in [0.2, 0.25) is 0 Å². The van der Waals surface area contributed by atoms with Crippen LogP contribution < -0.4 is 5.32 Å². The number of alkyl carbamates (subject to hydrolysis) is 1. The summed E-state index contributed by atoms with van der Waals surface area (Å²) in [5.74, 6) is -0.417. The molecule has 7 nitrogen and oxygen atoms in total. The van der Waals surface area contributed by atoms with Crippen LogP contribution in [-0.2, 0) is 14.3 Å². The van der Waals surface area contributed by atoms with E-state index in [1.54, 1.807) is 20.8 Å². The third kappa shape index (κ3) is 4.86. The first-order valence-corrected chi connectivity index (χ1v) is 6.12. The largest absolute Gasteiger partial charge is 0.444 e. The van der Waals surface area contributed by atoms with Crippen LogP contribution in [-0.4, -0.2) is 59.1 Å². The Bertz CT molecular complexity index is 364. The van der Waals surface area contributed by atoms with E-state index in [0.717, 1.165) is 0 Å². The van der Waals surface area contributed by atoms with Crippen molar-refractivity contribution in [2.45, 2.75) is 44.9 Å². The molecule has 1 aliphatic rings. The second-order valence-corrected chi connectivity index (χ2v) is 5.49. The van der Waals surface area contributed by atoms with Gasteiger partial charge in [0.1, 0.15) is 18.4 Å². The molecular formula is C12H20N2O5. The molecule has 0 aliphatic carbocycles. The van der Waals surface area contributed by atoms with E-state index in [1.807, 2.05) is 0 Å². The van der Waals surface area contributed by atoms with Gasteiger partial charge in [-0.25, -0.2) is 4.79 Å². The minimum atomic E-state index is -0.694. The number of likely N-dealkylation sites (tertiary alicyclic amines) is 1. The van der Waals surface area contributed by atoms with Crippen LogP contribution in [0.25, 0.3) is 0 Å². The monoisotopic (exact) mass is 272 g/mol. The number of hydrogen-bond donors (Lipinski definition) is 2. The van der Waals surface area contributed by atoms with Crippen molar-refractivity contribution in [2.75, 3.05) is 13.1 Å². The van der Waals surface area contributed by atoms with E-state index >= 15 is 0 Å². The molecule has 19 heavy (non-hydrogen) atoms. The minimum absolute atomic E-state index is 0.109. The number of carbonyl (C=O) groups excluding carboxylic acids is 3. The van der Waals surface area contributed by atoms with Crippen molar-refractivity contribution in [3.05, 3.63) is 0 Å². The Morgan fingerprint density at radius 3 is 2.63 bits per heavy atom. The molecule has 0 aromatic carbocycles. The lowest BCUT2D eigenvalue weighted by atomic mass is 10.2. The van der Waals surface area contributed by atoms with Gasteiger partial charge < -0.3 is 24.9 Å². The predicted molar refractivity (Wildman–Crippen MR) is 66.4 cm³/mol. The number of amides is 2. The molecule has 0 unspecified atom stereocenters. The molecule has 2 N–H and O–H groups in total. The van der Waals surface area contributed by atoms with Crippen LogP contribution in [0.15, 0.2) is 0 Å². The van der Waals surface area contributed by atoms with Gasteiger partial charge in [0.25, 0.3) is 0 Å². The van der Waals surface area contributed by atoms with Crippen molar-refractivity contribution in [1.29, 1.82) is 0 Å². The average molecular weight is 272 g/mol. The number of hydrogen-bond acceptors (Lipinski definition) is 5. The van der Waals surface area contributed by atoms with E-state index in [9.17, 15) is 19.5 Å². The standard InChI is InChI=1S/C12H20N2O5/c1-12(2,3)19-11(18)13-5-10(17)14-6-9(16)4-8(14)7-15/h7-9,16H,4-6H2,1-3H3,(H,13,18)/t8-,9+/m0/s1. The van der Waals surface area contributed by atoms with Crippen LogP contribution in [0, 0.1) is 0 Å². The zero-order valence-corrected chi connectivity index (χ0v) is 11.4. The average Bonchev–Trinajstić information content (AvgIpc) is 2.65. The zero-order chi connectivity index (χ0) is 14.6. The third-order valence-electron chi connectivity index (χ3n) is 2.58. The molecule has 1 saturated heterocycles. The van der Waals surface area contributed by atoms with Gasteiger partial charge in [-0.15, -0.1) is 0 Å². The van der Waals surface area contributed by atoms with Crippen LogP contribution in [0.4, 0.5) is 4.79 Å². The summed E-state index contributed by atoms with van der Waals surface area (Å²) < 4.78 is 4.99. The number of carbonyl (C=O) groups is 3. The molecule has 0 bridgehead atoms. The molecule has 0 radical (unpaired) electrons. The second kappa shape index (κ2) is 6.01. The van der Waals surface area contributed by atoms with E-state index in [1.165, 1.54) is 4.90 Å². The molecule has 0 spiro atoms. The van der Waals surface area contributed by atoms with Gasteiger partial charge in [0, 0.05) is 13.0 Å². The van der Waals surface area contributed by atoms with E-state index in [4.69, 9.17) is 4.74 Å². The topological polar surface area (TPSA) is 95.9 Å². The summed E-state index contributed by atoms with van der Waals surface area (Å²) in [6.07, 6.45) is -0.521. The number of nitrogens with one attached hydrogen (secondary N) is 1. The highest BCUT2D eigenvalue weighted by Crippen LogP contribution is 2.16. The summed E-state index contributed by atoms with van der Waals surface area (Å²) in [6, 6.07) is -0.622. The fraction of sp³-hybridized carbons (Fsp3) is 0.750. The lowest BCUT2D eigenvalue weighted by Crippen LogP contribution is -2.44. The number of aldehydes is 1. The Morgan fingerprint density at radius 2 is 2.11 bits per heavy atom. The highest BCUT2D eigenvalue weighted by molar-refractivity contribution is 5.85. The maximum absolute atomic E-state index is 11.8. The summed E-state index contributed by atoms with van der Waals surface area (Å²) in [6.45, 7) is 5.00. The highest BCUT2D eigenvalue weighted by atomic mass is 16.6. The molecule has 0 saturated carbocycles. The zero-order valence-electron chi connectivity index (χ0n) is 11.4. The van der Waals surface area contributed by atoms with Gasteiger partial charge in [-0.2, -0.15) is 0 Å². The number of aliphatic hydroxyl groups excluding tert-OH is 1. The molecule has 2 atom stereocenters. The number of β-amino-alcohol motifs (C(OH)–C–C–N with tert-alkyl or cyclic N) is 1. The molecule has 0 aromatic heterocycles. The summed E-state index contributed by atoms with van der Waals surface area (Å²) in [7, 11) is 0. The molecule has 1 rings (SSSR count). The summed E-state index contributed by atoms with van der Waals surface area (Å²) in [5.41, 5.74) is -0.637. The second-order valence-electron chi connectivity index (χ2n) is 5.49. The highest BCUT2D eigenvalue weighted by Gasteiger charge is 2.34. The first-order valence-electron chi connectivity index (χ1n) is 6.12. The molecular weight excluding hydrogens is 252 g/mol. The van der Waals surface area contributed by atoms with Gasteiger partial charge in [-0.05, 0) is 20.8 Å². The van der Waals surface area contributed by atoms with Crippen molar-refractivity contribution >= 4 is 18.3 Å². The number of nitrogens with zero attached hydrogens (tertiary/aromatic N) is 1. The van der Waals surface area contributed by atoms with Crippen molar-refractivity contribution in [3.8, 4) is 0 Å². The van der Waals surface area contributed by atoms with Crippen LogP contribution in [0.5, 0.6) is 0 Å². The summed E-state index contributed by atoms with van der Waals surface area (Å²) >= 11 is 0. The minimum Gasteiger partial charge on any atom is -0.444 e. The Balaban J connectivity index is 2.43. The molecule has 108 valence electrons. The van der Waals surface area contributed by atoms with E-state index in [0.29, 0.717) is 6.29 Å². The quantitative estimate of drug-likeness (QED) is 0.686. The molecule has 0 aromatic rings. The fourth-order valence-corrected chi connectivity index (χ4v) is 1.82. The lowest BCUT2D eigenvalue weighted by molar-refractivity contribution is -0.133. The van der Waals surface area contributed by atoms with Crippen molar-refractivity contribution in [1.82, 2.24) is 10.2 Å². The number of aliphatic hydroxyl groups is 1. The molecule has 2 amide bonds.